The minimum Gasteiger partial charge on any atom is -0.329 e. The highest BCUT2D eigenvalue weighted by Crippen LogP contribution is 2.25. The molecular formula is C17H25ClN2O2S. The van der Waals surface area contributed by atoms with Gasteiger partial charge in [-0.2, -0.15) is 0 Å². The maximum absolute atomic E-state index is 12.8. The molecule has 0 spiro atoms. The lowest BCUT2D eigenvalue weighted by Gasteiger charge is -2.31. The van der Waals surface area contributed by atoms with E-state index in [-0.39, 0.29) is 19.0 Å². The summed E-state index contributed by atoms with van der Waals surface area (Å²) in [6.07, 6.45) is 0.688. The van der Waals surface area contributed by atoms with Crippen molar-refractivity contribution in [3.05, 3.63) is 42.5 Å². The van der Waals surface area contributed by atoms with E-state index in [0.29, 0.717) is 17.2 Å². The van der Waals surface area contributed by atoms with Crippen LogP contribution in [0.3, 0.4) is 0 Å². The molecule has 1 atom stereocenters. The molecule has 2 rings (SSSR count). The maximum atomic E-state index is 12.8. The molecule has 128 valence electrons. The first-order chi connectivity index (χ1) is 10.3. The molecule has 0 amide bonds. The van der Waals surface area contributed by atoms with Gasteiger partial charge in [-0.25, -0.2) is 13.1 Å². The molecule has 23 heavy (non-hydrogen) atoms. The molecule has 0 fully saturated rings. The third-order valence-corrected chi connectivity index (χ3v) is 5.43. The molecule has 0 radical (unpaired) electrons. The summed E-state index contributed by atoms with van der Waals surface area (Å²) in [7, 11) is -3.63. The highest BCUT2D eigenvalue weighted by Gasteiger charge is 2.30. The van der Waals surface area contributed by atoms with Crippen LogP contribution < -0.4 is 10.5 Å². The summed E-state index contributed by atoms with van der Waals surface area (Å²) in [5, 5.41) is 1.63. The first-order valence-corrected chi connectivity index (χ1v) is 8.97. The minimum absolute atomic E-state index is 0. The molecule has 1 unspecified atom stereocenters. The van der Waals surface area contributed by atoms with Gasteiger partial charge in [0.05, 0.1) is 4.90 Å². The van der Waals surface area contributed by atoms with Crippen molar-refractivity contribution in [2.24, 2.45) is 11.7 Å². The van der Waals surface area contributed by atoms with Gasteiger partial charge in [-0.05, 0) is 30.7 Å². The fraction of sp³-hybridized carbons (Fsp3) is 0.412. The van der Waals surface area contributed by atoms with Crippen molar-refractivity contribution in [2.45, 2.75) is 37.6 Å². The average molecular weight is 357 g/mol. The van der Waals surface area contributed by atoms with Gasteiger partial charge in [0.1, 0.15) is 0 Å². The normalized spacial score (nSPS) is 14.5. The topological polar surface area (TPSA) is 72.2 Å². The minimum atomic E-state index is -3.63. The Hall–Kier alpha value is -1.14. The smallest absolute Gasteiger partial charge is 0.241 e. The van der Waals surface area contributed by atoms with Gasteiger partial charge in [0.2, 0.25) is 10.0 Å². The van der Waals surface area contributed by atoms with Crippen LogP contribution in [0.1, 0.15) is 27.2 Å². The van der Waals surface area contributed by atoms with Gasteiger partial charge in [0.15, 0.2) is 0 Å². The first kappa shape index (κ1) is 19.9. The standard InChI is InChI=1S/C17H24N2O2S.ClH/c1-13(2)11-17(3,12-18)19-22(20,21)16-10-6-8-14-7-4-5-9-15(14)16;/h4-10,13,19H,11-12,18H2,1-3H3;1H. The van der Waals surface area contributed by atoms with E-state index in [0.717, 1.165) is 10.8 Å². The Kier molecular flexibility index (Phi) is 6.59. The van der Waals surface area contributed by atoms with Gasteiger partial charge in [-0.3, -0.25) is 0 Å². The van der Waals surface area contributed by atoms with Crippen LogP contribution in [0.15, 0.2) is 47.4 Å². The quantitative estimate of drug-likeness (QED) is 0.834. The number of benzene rings is 2. The Morgan fingerprint density at radius 3 is 2.35 bits per heavy atom. The summed E-state index contributed by atoms with van der Waals surface area (Å²) in [6.45, 7) is 6.23. The molecule has 0 bridgehead atoms. The van der Waals surface area contributed by atoms with E-state index in [1.54, 1.807) is 12.1 Å². The Labute approximate surface area is 144 Å². The van der Waals surface area contributed by atoms with Crippen molar-refractivity contribution >= 4 is 33.2 Å². The van der Waals surface area contributed by atoms with E-state index in [9.17, 15) is 8.42 Å². The van der Waals surface area contributed by atoms with Crippen LogP contribution in [0.25, 0.3) is 10.8 Å². The molecule has 6 heteroatoms. The maximum Gasteiger partial charge on any atom is 0.241 e. The predicted octanol–water partition coefficient (Wildman–Crippen LogP) is 3.30. The predicted molar refractivity (Wildman–Crippen MR) is 98.4 cm³/mol. The summed E-state index contributed by atoms with van der Waals surface area (Å²) in [5.41, 5.74) is 5.18. The molecule has 4 nitrogen and oxygen atoms in total. The molecule has 0 aliphatic heterocycles. The van der Waals surface area contributed by atoms with E-state index in [1.807, 2.05) is 37.3 Å². The van der Waals surface area contributed by atoms with Gasteiger partial charge < -0.3 is 5.73 Å². The zero-order chi connectivity index (χ0) is 16.4. The van der Waals surface area contributed by atoms with E-state index < -0.39 is 15.6 Å². The second-order valence-corrected chi connectivity index (χ2v) is 8.10. The molecule has 0 heterocycles. The second-order valence-electron chi connectivity index (χ2n) is 6.45. The fourth-order valence-corrected chi connectivity index (χ4v) is 4.54. The number of nitrogens with two attached hydrogens (primary N) is 1. The number of hydrogen-bond acceptors (Lipinski definition) is 3. The molecule has 0 saturated carbocycles. The summed E-state index contributed by atoms with van der Waals surface area (Å²) < 4.78 is 28.5. The van der Waals surface area contributed by atoms with Gasteiger partial charge in [0.25, 0.3) is 0 Å². The van der Waals surface area contributed by atoms with Crippen LogP contribution in [0, 0.1) is 5.92 Å². The Morgan fingerprint density at radius 2 is 1.74 bits per heavy atom. The number of rotatable bonds is 6. The average Bonchev–Trinajstić information content (AvgIpc) is 2.45. The van der Waals surface area contributed by atoms with E-state index in [4.69, 9.17) is 5.73 Å². The first-order valence-electron chi connectivity index (χ1n) is 7.49. The molecule has 3 N–H and O–H groups in total. The summed E-state index contributed by atoms with van der Waals surface area (Å²) in [4.78, 5) is 0.300. The molecule has 0 aliphatic rings. The molecule has 0 saturated heterocycles. The van der Waals surface area contributed by atoms with Gasteiger partial charge >= 0.3 is 0 Å². The Balaban J connectivity index is 0.00000264. The molecule has 0 aliphatic carbocycles. The third-order valence-electron chi connectivity index (χ3n) is 3.73. The van der Waals surface area contributed by atoms with Crippen molar-refractivity contribution < 1.29 is 8.42 Å². The molecule has 2 aromatic carbocycles. The zero-order valence-electron chi connectivity index (χ0n) is 13.7. The lowest BCUT2D eigenvalue weighted by atomic mass is 9.92. The highest BCUT2D eigenvalue weighted by molar-refractivity contribution is 7.89. The van der Waals surface area contributed by atoms with Crippen LogP contribution in [0.2, 0.25) is 0 Å². The van der Waals surface area contributed by atoms with Crippen LogP contribution in [-0.4, -0.2) is 20.5 Å². The number of halogens is 1. The molecular weight excluding hydrogens is 332 g/mol. The number of hydrogen-bond donors (Lipinski definition) is 2. The Bertz CT molecular complexity index is 757. The molecule has 0 aromatic heterocycles. The second kappa shape index (κ2) is 7.62. The number of nitrogens with one attached hydrogen (secondary N) is 1. The summed E-state index contributed by atoms with van der Waals surface area (Å²) in [5.74, 6) is 0.351. The van der Waals surface area contributed by atoms with Crippen LogP contribution in [0.5, 0.6) is 0 Å². The summed E-state index contributed by atoms with van der Waals surface area (Å²) >= 11 is 0. The van der Waals surface area contributed by atoms with Gasteiger partial charge in [0, 0.05) is 17.5 Å². The highest BCUT2D eigenvalue weighted by atomic mass is 35.5. The van der Waals surface area contributed by atoms with Crippen molar-refractivity contribution in [3.8, 4) is 0 Å². The fourth-order valence-electron chi connectivity index (χ4n) is 2.88. The van der Waals surface area contributed by atoms with Gasteiger partial charge in [-0.1, -0.05) is 50.2 Å². The zero-order valence-corrected chi connectivity index (χ0v) is 15.4. The number of sulfonamides is 1. The van der Waals surface area contributed by atoms with E-state index >= 15 is 0 Å². The monoisotopic (exact) mass is 356 g/mol. The van der Waals surface area contributed by atoms with Gasteiger partial charge in [-0.15, -0.1) is 12.4 Å². The molecule has 2 aromatic rings. The SMILES string of the molecule is CC(C)CC(C)(CN)NS(=O)(=O)c1cccc2ccccc12.Cl. The van der Waals surface area contributed by atoms with Crippen molar-refractivity contribution in [1.82, 2.24) is 4.72 Å². The largest absolute Gasteiger partial charge is 0.329 e. The summed E-state index contributed by atoms with van der Waals surface area (Å²) in [6, 6.07) is 12.8. The van der Waals surface area contributed by atoms with Crippen molar-refractivity contribution in [3.63, 3.8) is 0 Å². The lowest BCUT2D eigenvalue weighted by molar-refractivity contribution is 0.344. The van der Waals surface area contributed by atoms with E-state index in [2.05, 4.69) is 18.6 Å². The van der Waals surface area contributed by atoms with Crippen molar-refractivity contribution in [2.75, 3.05) is 6.54 Å². The third kappa shape index (κ3) is 4.67. The van der Waals surface area contributed by atoms with Crippen molar-refractivity contribution in [1.29, 1.82) is 0 Å². The van der Waals surface area contributed by atoms with Crippen LogP contribution in [-0.2, 0) is 10.0 Å². The van der Waals surface area contributed by atoms with E-state index in [1.165, 1.54) is 0 Å². The Morgan fingerprint density at radius 1 is 1.13 bits per heavy atom. The lowest BCUT2D eigenvalue weighted by Crippen LogP contribution is -2.52. The van der Waals surface area contributed by atoms with Crippen LogP contribution >= 0.6 is 12.4 Å². The van der Waals surface area contributed by atoms with Crippen LogP contribution in [0.4, 0.5) is 0 Å². The number of fused-ring (bicyclic) bond motifs is 1.